The molecular weight excluding hydrogens is 276 g/mol. The van der Waals surface area contributed by atoms with Gasteiger partial charge < -0.3 is 14.2 Å². The van der Waals surface area contributed by atoms with Crippen molar-refractivity contribution in [3.63, 3.8) is 0 Å². The lowest BCUT2D eigenvalue weighted by Crippen LogP contribution is -2.43. The number of rotatable bonds is 3. The smallest absolute Gasteiger partial charge is 0.226 e. The van der Waals surface area contributed by atoms with Gasteiger partial charge in [-0.05, 0) is 42.7 Å². The molecule has 22 heavy (non-hydrogen) atoms. The first-order valence-corrected chi connectivity index (χ1v) is 7.87. The van der Waals surface area contributed by atoms with Crippen molar-refractivity contribution in [3.05, 3.63) is 53.9 Å². The van der Waals surface area contributed by atoms with E-state index in [1.54, 1.807) is 7.11 Å². The van der Waals surface area contributed by atoms with E-state index in [0.29, 0.717) is 5.91 Å². The monoisotopic (exact) mass is 296 g/mol. The molecule has 0 radical (unpaired) electrons. The second kappa shape index (κ2) is 5.20. The van der Waals surface area contributed by atoms with Crippen LogP contribution in [0.2, 0.25) is 0 Å². The molecule has 4 rings (SSSR count). The number of carbonyl (C=O) groups excluding carboxylic acids is 1. The Morgan fingerprint density at radius 2 is 2.05 bits per heavy atom. The normalized spacial score (nSPS) is 20.6. The molecule has 1 aromatic heterocycles. The van der Waals surface area contributed by atoms with Crippen molar-refractivity contribution in [3.8, 4) is 5.75 Å². The number of nitrogens with zero attached hydrogens (tertiary/aromatic N) is 2. The quantitative estimate of drug-likeness (QED) is 0.873. The second-order valence-electron chi connectivity index (χ2n) is 6.11. The number of amides is 1. The van der Waals surface area contributed by atoms with Crippen LogP contribution in [0.5, 0.6) is 5.75 Å². The molecule has 1 unspecified atom stereocenters. The summed E-state index contributed by atoms with van der Waals surface area (Å²) < 4.78 is 7.61. The van der Waals surface area contributed by atoms with Gasteiger partial charge in [0, 0.05) is 30.9 Å². The van der Waals surface area contributed by atoms with Crippen LogP contribution in [-0.2, 0) is 11.3 Å². The molecular formula is C18H20N2O2. The van der Waals surface area contributed by atoms with Crippen molar-refractivity contribution in [1.29, 1.82) is 0 Å². The average Bonchev–Trinajstić information content (AvgIpc) is 3.30. The molecule has 4 nitrogen and oxygen atoms in total. The first-order chi connectivity index (χ1) is 10.8. The average molecular weight is 296 g/mol. The van der Waals surface area contributed by atoms with E-state index in [1.165, 1.54) is 5.69 Å². The highest BCUT2D eigenvalue weighted by Gasteiger charge is 2.39. The van der Waals surface area contributed by atoms with Crippen LogP contribution >= 0.6 is 0 Å². The maximum Gasteiger partial charge on any atom is 0.226 e. The summed E-state index contributed by atoms with van der Waals surface area (Å²) in [6.07, 6.45) is 4.18. The van der Waals surface area contributed by atoms with Gasteiger partial charge in [-0.1, -0.05) is 12.1 Å². The van der Waals surface area contributed by atoms with Gasteiger partial charge in [-0.3, -0.25) is 4.79 Å². The Hall–Kier alpha value is -2.23. The first-order valence-electron chi connectivity index (χ1n) is 7.87. The highest BCUT2D eigenvalue weighted by Crippen LogP contribution is 2.39. The minimum absolute atomic E-state index is 0.00745. The molecule has 114 valence electrons. The number of benzene rings is 1. The molecule has 2 aliphatic rings. The molecule has 1 atom stereocenters. The van der Waals surface area contributed by atoms with Crippen molar-refractivity contribution in [1.82, 2.24) is 9.47 Å². The lowest BCUT2D eigenvalue weighted by Gasteiger charge is -2.37. The van der Waals surface area contributed by atoms with E-state index >= 15 is 0 Å². The first kappa shape index (κ1) is 13.4. The van der Waals surface area contributed by atoms with Gasteiger partial charge in [-0.15, -0.1) is 0 Å². The summed E-state index contributed by atoms with van der Waals surface area (Å²) in [5.41, 5.74) is 2.31. The summed E-state index contributed by atoms with van der Waals surface area (Å²) in [7, 11) is 1.68. The molecule has 0 N–H and O–H groups in total. The number of methoxy groups -OCH3 is 1. The molecule has 2 heterocycles. The van der Waals surface area contributed by atoms with Crippen LogP contribution in [0.3, 0.4) is 0 Å². The Morgan fingerprint density at radius 3 is 2.82 bits per heavy atom. The molecule has 0 bridgehead atoms. The van der Waals surface area contributed by atoms with Gasteiger partial charge in [0.15, 0.2) is 0 Å². The number of hydrogen-bond acceptors (Lipinski definition) is 2. The third kappa shape index (κ3) is 2.19. The van der Waals surface area contributed by atoms with Gasteiger partial charge in [0.1, 0.15) is 5.75 Å². The lowest BCUT2D eigenvalue weighted by molar-refractivity contribution is -0.135. The summed E-state index contributed by atoms with van der Waals surface area (Å²) in [6.45, 7) is 1.65. The second-order valence-corrected chi connectivity index (χ2v) is 6.11. The number of carbonyl (C=O) groups is 1. The van der Waals surface area contributed by atoms with Crippen LogP contribution in [-0.4, -0.2) is 29.0 Å². The zero-order chi connectivity index (χ0) is 15.1. The number of hydrogen-bond donors (Lipinski definition) is 0. The predicted molar refractivity (Wildman–Crippen MR) is 83.7 cm³/mol. The zero-order valence-electron chi connectivity index (χ0n) is 12.7. The van der Waals surface area contributed by atoms with Crippen molar-refractivity contribution in [2.24, 2.45) is 5.92 Å². The minimum Gasteiger partial charge on any atom is -0.497 e. The van der Waals surface area contributed by atoms with Crippen LogP contribution in [0, 0.1) is 5.92 Å². The topological polar surface area (TPSA) is 34.5 Å². The van der Waals surface area contributed by atoms with Crippen molar-refractivity contribution < 1.29 is 9.53 Å². The van der Waals surface area contributed by atoms with Gasteiger partial charge in [-0.25, -0.2) is 0 Å². The van der Waals surface area contributed by atoms with Crippen molar-refractivity contribution >= 4 is 5.91 Å². The Balaban J connectivity index is 1.77. The van der Waals surface area contributed by atoms with E-state index in [1.807, 2.05) is 18.2 Å². The largest absolute Gasteiger partial charge is 0.497 e. The van der Waals surface area contributed by atoms with Gasteiger partial charge in [-0.2, -0.15) is 0 Å². The summed E-state index contributed by atoms with van der Waals surface area (Å²) >= 11 is 0. The highest BCUT2D eigenvalue weighted by molar-refractivity contribution is 5.82. The molecule has 1 aliphatic heterocycles. The Morgan fingerprint density at radius 1 is 1.18 bits per heavy atom. The lowest BCUT2D eigenvalue weighted by atomic mass is 9.99. The maximum absolute atomic E-state index is 12.7. The summed E-state index contributed by atoms with van der Waals surface area (Å²) in [4.78, 5) is 14.8. The van der Waals surface area contributed by atoms with Gasteiger partial charge in [0.25, 0.3) is 0 Å². The van der Waals surface area contributed by atoms with Gasteiger partial charge >= 0.3 is 0 Å². The van der Waals surface area contributed by atoms with Crippen molar-refractivity contribution in [2.45, 2.75) is 25.4 Å². The Labute approximate surface area is 130 Å². The maximum atomic E-state index is 12.7. The molecule has 1 saturated carbocycles. The fourth-order valence-electron chi connectivity index (χ4n) is 3.35. The number of fused-ring (bicyclic) bond motifs is 1. The number of aromatic nitrogens is 1. The summed E-state index contributed by atoms with van der Waals surface area (Å²) in [6, 6.07) is 12.2. The van der Waals surface area contributed by atoms with Crippen LogP contribution in [0.4, 0.5) is 0 Å². The molecule has 4 heteroatoms. The van der Waals surface area contributed by atoms with E-state index in [9.17, 15) is 4.79 Å². The van der Waals surface area contributed by atoms with Crippen LogP contribution in [0.1, 0.15) is 30.1 Å². The Bertz CT molecular complexity index is 703. The molecule has 1 aromatic carbocycles. The minimum atomic E-state index is -0.00745. The SMILES string of the molecule is COc1cccc(C2c3cccn3CCN2C(=O)C2CC2)c1. The van der Waals surface area contributed by atoms with Gasteiger partial charge in [0.05, 0.1) is 13.2 Å². The van der Waals surface area contributed by atoms with Crippen LogP contribution in [0.25, 0.3) is 0 Å². The predicted octanol–water partition coefficient (Wildman–Crippen LogP) is 2.84. The zero-order valence-corrected chi connectivity index (χ0v) is 12.7. The third-order valence-electron chi connectivity index (χ3n) is 4.66. The van der Waals surface area contributed by atoms with Gasteiger partial charge in [0.2, 0.25) is 5.91 Å². The molecule has 0 spiro atoms. The molecule has 1 aliphatic carbocycles. The van der Waals surface area contributed by atoms with Crippen LogP contribution in [0.15, 0.2) is 42.6 Å². The fraction of sp³-hybridized carbons (Fsp3) is 0.389. The Kier molecular flexibility index (Phi) is 3.17. The van der Waals surface area contributed by atoms with E-state index in [0.717, 1.165) is 37.2 Å². The van der Waals surface area contributed by atoms with Crippen LogP contribution < -0.4 is 4.74 Å². The third-order valence-corrected chi connectivity index (χ3v) is 4.66. The van der Waals surface area contributed by atoms with E-state index < -0.39 is 0 Å². The van der Waals surface area contributed by atoms with Crippen molar-refractivity contribution in [2.75, 3.05) is 13.7 Å². The molecule has 1 fully saturated rings. The van der Waals surface area contributed by atoms with E-state index in [4.69, 9.17) is 4.74 Å². The summed E-state index contributed by atoms with van der Waals surface area (Å²) in [5, 5.41) is 0. The standard InChI is InChI=1S/C18H20N2O2/c1-22-15-5-2-4-14(12-15)17-16-6-3-9-19(16)10-11-20(17)18(21)13-7-8-13/h2-6,9,12-13,17H,7-8,10-11H2,1H3. The van der Waals surface area contributed by atoms with E-state index in [2.05, 4.69) is 33.9 Å². The number of ether oxygens (including phenoxy) is 1. The highest BCUT2D eigenvalue weighted by atomic mass is 16.5. The molecule has 0 saturated heterocycles. The summed E-state index contributed by atoms with van der Waals surface area (Å²) in [5.74, 6) is 1.38. The van der Waals surface area contributed by atoms with E-state index in [-0.39, 0.29) is 12.0 Å². The fourth-order valence-corrected chi connectivity index (χ4v) is 3.35. The molecule has 1 amide bonds. The molecule has 2 aromatic rings.